The van der Waals surface area contributed by atoms with E-state index in [9.17, 15) is 0 Å². The molecule has 0 heterocycles. The maximum atomic E-state index is 3.33. The predicted molar refractivity (Wildman–Crippen MR) is 131 cm³/mol. The van der Waals surface area contributed by atoms with Crippen LogP contribution in [0.5, 0.6) is 0 Å². The first kappa shape index (κ1) is 30.6. The zero-order valence-corrected chi connectivity index (χ0v) is 22.1. The molecule has 0 nitrogen and oxygen atoms in total. The van der Waals surface area contributed by atoms with Gasteiger partial charge in [0.1, 0.15) is 0 Å². The van der Waals surface area contributed by atoms with Crippen molar-refractivity contribution in [1.29, 1.82) is 0 Å². The van der Waals surface area contributed by atoms with Gasteiger partial charge in [0.15, 0.2) is 0 Å². The molecule has 0 radical (unpaired) electrons. The molecule has 2 aromatic carbocycles. The van der Waals surface area contributed by atoms with E-state index in [0.717, 1.165) is 12.8 Å². The third kappa shape index (κ3) is 10.8. The van der Waals surface area contributed by atoms with Gasteiger partial charge in [-0.25, -0.2) is 11.6 Å². The van der Waals surface area contributed by atoms with Gasteiger partial charge in [0.2, 0.25) is 0 Å². The van der Waals surface area contributed by atoms with Gasteiger partial charge >= 0.3 is 63.8 Å². The number of halogens is 2. The van der Waals surface area contributed by atoms with Crippen molar-refractivity contribution in [2.75, 3.05) is 0 Å². The zero-order valence-electron chi connectivity index (χ0n) is 18.0. The van der Waals surface area contributed by atoms with Gasteiger partial charge in [-0.15, -0.1) is 31.2 Å². The third-order valence-corrected chi connectivity index (χ3v) is 5.72. The molecular weight excluding hydrogens is 474 g/mol. The minimum absolute atomic E-state index is 0. The Morgan fingerprint density at radius 3 is 2.21 bits per heavy atom. The number of allylic oxidation sites excluding steroid dienone is 4. The molecule has 0 unspecified atom stereocenters. The van der Waals surface area contributed by atoms with E-state index in [1.54, 1.807) is 11.1 Å². The fourth-order valence-electron chi connectivity index (χ4n) is 3.41. The molecule has 0 saturated heterocycles. The summed E-state index contributed by atoms with van der Waals surface area (Å²) in [7, 11) is 0. The molecule has 0 fully saturated rings. The molecule has 2 aliphatic rings. The van der Waals surface area contributed by atoms with E-state index in [4.69, 9.17) is 0 Å². The molecule has 0 bridgehead atoms. The van der Waals surface area contributed by atoms with Gasteiger partial charge in [-0.05, 0) is 0 Å². The van der Waals surface area contributed by atoms with Crippen LogP contribution in [0.1, 0.15) is 62.6 Å². The van der Waals surface area contributed by atoms with Crippen molar-refractivity contribution in [1.82, 2.24) is 0 Å². The van der Waals surface area contributed by atoms with Gasteiger partial charge in [0.25, 0.3) is 0 Å². The normalized spacial score (nSPS) is 13.1. The van der Waals surface area contributed by atoms with Crippen molar-refractivity contribution in [2.24, 2.45) is 0 Å². The first-order valence-electron chi connectivity index (χ1n) is 9.86. The fraction of sp³-hybridized carbons (Fsp3) is 0.346. The van der Waals surface area contributed by atoms with Gasteiger partial charge in [-0.2, -0.15) is 34.9 Å². The number of rotatable bonds is 3. The van der Waals surface area contributed by atoms with E-state index in [0.29, 0.717) is 0 Å². The molecule has 0 amide bonds. The first-order chi connectivity index (χ1) is 12.8. The second-order valence-electron chi connectivity index (χ2n) is 6.63. The second kappa shape index (κ2) is 18.2. The van der Waals surface area contributed by atoms with Gasteiger partial charge in [0.05, 0.1) is 0 Å². The van der Waals surface area contributed by atoms with E-state index in [1.165, 1.54) is 73.0 Å². The second-order valence-corrected chi connectivity index (χ2v) is 7.34. The van der Waals surface area contributed by atoms with E-state index in [2.05, 4.69) is 72.2 Å². The maximum absolute atomic E-state index is 3.33. The molecule has 0 saturated carbocycles. The Morgan fingerprint density at radius 1 is 1.00 bits per heavy atom. The molecule has 2 aromatic rings. The van der Waals surface area contributed by atoms with Gasteiger partial charge in [-0.3, -0.25) is 6.08 Å². The van der Waals surface area contributed by atoms with E-state index in [-0.39, 0.29) is 32.2 Å². The summed E-state index contributed by atoms with van der Waals surface area (Å²) >= 11 is 1.46. The summed E-state index contributed by atoms with van der Waals surface area (Å²) in [6.45, 7) is 4.39. The predicted octanol–water partition coefficient (Wildman–Crippen LogP) is 7.83. The first-order valence-corrected chi connectivity index (χ1v) is 11.3. The van der Waals surface area contributed by atoms with E-state index in [1.807, 2.05) is 6.07 Å². The third-order valence-electron chi connectivity index (χ3n) is 4.90. The standard InChI is InChI=1S/C9H11.C9H13.C7H6.CH3.2ClH.Zr/c1-2-5-9-7-3-6-8(9)4-1;1-3-8-6-5-7-9(8)4-2;1-7-5-3-2-4-6-7;;;;/h3,6-7H,1-2,4-5H2;6H,3-5H2,1-2H3;1-6H;1H3;2*1H;/q2*-1;;-1;;;. The molecule has 2 aliphatic carbocycles. The van der Waals surface area contributed by atoms with Crippen LogP contribution in [0.4, 0.5) is 0 Å². The topological polar surface area (TPSA) is 0 Å². The molecular formula is C26H35Cl2Zr-3. The smallest absolute Gasteiger partial charge is 0.0512 e. The average molecular weight is 510 g/mol. The van der Waals surface area contributed by atoms with Crippen molar-refractivity contribution in [3.63, 3.8) is 0 Å². The fourth-order valence-corrected chi connectivity index (χ4v) is 3.88. The number of aryl methyl sites for hydroxylation is 2. The van der Waals surface area contributed by atoms with Crippen molar-refractivity contribution < 1.29 is 24.2 Å². The molecule has 3 heteroatoms. The Labute approximate surface area is 206 Å². The number of hydrogen-bond acceptors (Lipinski definition) is 0. The average Bonchev–Trinajstić information content (AvgIpc) is 3.38. The molecule has 0 aromatic heterocycles. The molecule has 160 valence electrons. The van der Waals surface area contributed by atoms with Crippen LogP contribution in [0.3, 0.4) is 0 Å². The monoisotopic (exact) mass is 507 g/mol. The molecule has 4 rings (SSSR count). The van der Waals surface area contributed by atoms with Crippen LogP contribution in [0.25, 0.3) is 0 Å². The molecule has 0 N–H and O–H groups in total. The minimum Gasteiger partial charge on any atom is -0.210 e. The van der Waals surface area contributed by atoms with Crippen LogP contribution in [0, 0.1) is 13.5 Å². The summed E-state index contributed by atoms with van der Waals surface area (Å²) in [5, 5.41) is 0. The van der Waals surface area contributed by atoms with Crippen LogP contribution < -0.4 is 0 Å². The molecule has 0 aliphatic heterocycles. The number of hydrogen-bond donors (Lipinski definition) is 0. The van der Waals surface area contributed by atoms with Crippen LogP contribution in [0.15, 0.2) is 65.8 Å². The van der Waals surface area contributed by atoms with Crippen molar-refractivity contribution in [3.05, 3.63) is 95.9 Å². The van der Waals surface area contributed by atoms with Crippen molar-refractivity contribution >= 4 is 28.5 Å². The van der Waals surface area contributed by atoms with Gasteiger partial charge in [-0.1, -0.05) is 52.4 Å². The van der Waals surface area contributed by atoms with Crippen LogP contribution >= 0.6 is 24.8 Å². The van der Waals surface area contributed by atoms with Crippen LogP contribution in [0.2, 0.25) is 0 Å². The van der Waals surface area contributed by atoms with Crippen LogP contribution in [-0.4, -0.2) is 3.71 Å². The number of benzene rings is 1. The van der Waals surface area contributed by atoms with Crippen molar-refractivity contribution in [3.8, 4) is 0 Å². The van der Waals surface area contributed by atoms with Crippen molar-refractivity contribution in [2.45, 2.75) is 58.8 Å². The van der Waals surface area contributed by atoms with E-state index >= 15 is 0 Å². The molecule has 0 atom stereocenters. The quantitative estimate of drug-likeness (QED) is 0.370. The number of fused-ring (bicyclic) bond motifs is 1. The largest absolute Gasteiger partial charge is 0.210 e. The summed E-state index contributed by atoms with van der Waals surface area (Å²) in [5.74, 6) is 0. The Bertz CT molecular complexity index is 688. The molecule has 0 spiro atoms. The Kier molecular flexibility index (Phi) is 19.2. The van der Waals surface area contributed by atoms with E-state index < -0.39 is 0 Å². The Morgan fingerprint density at radius 2 is 1.69 bits per heavy atom. The minimum atomic E-state index is 0. The van der Waals surface area contributed by atoms with Gasteiger partial charge in [0, 0.05) is 0 Å². The summed E-state index contributed by atoms with van der Waals surface area (Å²) in [4.78, 5) is 0. The maximum Gasteiger partial charge on any atom is -0.0512 e. The van der Waals surface area contributed by atoms with Crippen LogP contribution in [-0.2, 0) is 37.1 Å². The molecule has 29 heavy (non-hydrogen) atoms. The van der Waals surface area contributed by atoms with Gasteiger partial charge < -0.3 is 7.43 Å². The summed E-state index contributed by atoms with van der Waals surface area (Å²) in [6, 6.07) is 17.0. The Hall–Kier alpha value is -0.617. The SMILES string of the molecule is CCC1=[C-]CC=C1CC.Cl.Cl.[CH3-].[Zr]=[CH]c1ccccc1.c1cc2c([cH-]1)CCCC2. The zero-order chi connectivity index (χ0) is 18.6. The summed E-state index contributed by atoms with van der Waals surface area (Å²) in [6.07, 6.45) is 14.4. The Balaban J connectivity index is 0. The summed E-state index contributed by atoms with van der Waals surface area (Å²) in [5.41, 5.74) is 7.48. The summed E-state index contributed by atoms with van der Waals surface area (Å²) < 4.78 is 2.17.